The number of aromatic nitrogens is 1. The quantitative estimate of drug-likeness (QED) is 0.138. The number of ether oxygens (including phenoxy) is 2. The molecular weight excluding hydrogens is 528 g/mol. The molecule has 14 heteroatoms. The molecule has 0 unspecified atom stereocenters. The third-order valence-electron chi connectivity index (χ3n) is 6.32. The zero-order valence-electron chi connectivity index (χ0n) is 22.6. The number of carbonyl (C=O) groups is 4. The molecule has 1 heterocycles. The number of benzene rings is 2. The van der Waals surface area contributed by atoms with Crippen molar-refractivity contribution in [3.63, 3.8) is 0 Å². The molecule has 40 heavy (non-hydrogen) atoms. The van der Waals surface area contributed by atoms with Crippen LogP contribution >= 0.6 is 0 Å². The van der Waals surface area contributed by atoms with Gasteiger partial charge in [0.15, 0.2) is 23.4 Å². The average Bonchev–Trinajstić information content (AvgIpc) is 2.91. The van der Waals surface area contributed by atoms with Crippen molar-refractivity contribution in [3.05, 3.63) is 44.6 Å². The molecule has 1 aromatic carbocycles. The summed E-state index contributed by atoms with van der Waals surface area (Å²) in [4.78, 5) is 68.2. The summed E-state index contributed by atoms with van der Waals surface area (Å²) >= 11 is 0. The average molecular weight is 559 g/mol. The van der Waals surface area contributed by atoms with Gasteiger partial charge in [-0.2, -0.15) is 0 Å². The lowest BCUT2D eigenvalue weighted by Crippen LogP contribution is -2.48. The van der Waals surface area contributed by atoms with Crippen LogP contribution in [0, 0.1) is 13.8 Å². The molecule has 1 aromatic rings. The fourth-order valence-corrected chi connectivity index (χ4v) is 4.05. The number of esters is 2. The highest BCUT2D eigenvalue weighted by Gasteiger charge is 2.33. The van der Waals surface area contributed by atoms with Crippen LogP contribution in [0.15, 0.2) is 21.3 Å². The fraction of sp³-hybridized carbons (Fsp3) is 0.385. The summed E-state index contributed by atoms with van der Waals surface area (Å²) in [6.45, 7) is 5.63. The lowest BCUT2D eigenvalue weighted by atomic mass is 9.99. The fourth-order valence-electron chi connectivity index (χ4n) is 4.05. The number of aryl methyl sites for hydroxylation is 1. The third kappa shape index (κ3) is 5.44. The van der Waals surface area contributed by atoms with Crippen LogP contribution in [-0.2, 0) is 19.1 Å². The number of nitrogens with two attached hydrogens (primary N) is 1. The summed E-state index contributed by atoms with van der Waals surface area (Å²) in [5.41, 5.74) is 4.68. The molecule has 14 nitrogen and oxygen atoms in total. The van der Waals surface area contributed by atoms with Gasteiger partial charge in [0.2, 0.25) is 5.43 Å². The molecule has 2 amide bonds. The van der Waals surface area contributed by atoms with Crippen LogP contribution in [0.25, 0.3) is 22.6 Å². The molecule has 0 radical (unpaired) electrons. The molecule has 214 valence electrons. The van der Waals surface area contributed by atoms with E-state index in [9.17, 15) is 34.2 Å². The van der Waals surface area contributed by atoms with E-state index in [0.29, 0.717) is 5.56 Å². The van der Waals surface area contributed by atoms with Gasteiger partial charge in [0.05, 0.1) is 43.2 Å². The Kier molecular flexibility index (Phi) is 8.75. The molecule has 0 saturated heterocycles. The number of nitrogens with zero attached hydrogens (tertiary/aromatic N) is 1. The van der Waals surface area contributed by atoms with Gasteiger partial charge in [-0.05, 0) is 39.3 Å². The Balaban J connectivity index is 2.29. The Morgan fingerprint density at radius 1 is 0.950 bits per heavy atom. The summed E-state index contributed by atoms with van der Waals surface area (Å²) in [7, 11) is 2.17. The number of fused-ring (bicyclic) bond motifs is 2. The predicted molar refractivity (Wildman–Crippen MR) is 141 cm³/mol. The second-order valence-corrected chi connectivity index (χ2v) is 9.17. The van der Waals surface area contributed by atoms with E-state index in [-0.39, 0.29) is 33.7 Å². The Morgan fingerprint density at radius 3 is 1.98 bits per heavy atom. The van der Waals surface area contributed by atoms with Crippen molar-refractivity contribution < 1.29 is 43.3 Å². The number of rotatable bonds is 8. The van der Waals surface area contributed by atoms with E-state index in [1.54, 1.807) is 13.0 Å². The third-order valence-corrected chi connectivity index (χ3v) is 6.32. The number of aliphatic hydroxyl groups is 2. The zero-order chi connectivity index (χ0) is 30.0. The molecule has 4 atom stereocenters. The first-order chi connectivity index (χ1) is 18.7. The van der Waals surface area contributed by atoms with E-state index in [1.165, 1.54) is 26.8 Å². The minimum absolute atomic E-state index is 0.0348. The normalized spacial score (nSPS) is 14.2. The molecule has 0 fully saturated rings. The van der Waals surface area contributed by atoms with Crippen molar-refractivity contribution in [2.45, 2.75) is 52.0 Å². The highest BCUT2D eigenvalue weighted by Crippen LogP contribution is 2.34. The highest BCUT2D eigenvalue weighted by atomic mass is 16.5. The first-order valence-corrected chi connectivity index (χ1v) is 12.0. The SMILES string of the molecule is COC(=O)[C@@H](NC(=O)c1ccc(C)c2oc3c(C)c(=O)c(N)c(C(=O)N[C@@H](C(=O)OC)[C@@H](C)O)c-3nc12)[C@@H](C)O. The number of carbonyl (C=O) groups excluding carboxylic acids is 4. The molecule has 2 aliphatic rings. The summed E-state index contributed by atoms with van der Waals surface area (Å²) in [5, 5.41) is 24.6. The van der Waals surface area contributed by atoms with Gasteiger partial charge in [0.25, 0.3) is 11.8 Å². The molecule has 0 aromatic heterocycles. The second-order valence-electron chi connectivity index (χ2n) is 9.17. The Bertz CT molecular complexity index is 1530. The van der Waals surface area contributed by atoms with E-state index < -0.39 is 64.7 Å². The van der Waals surface area contributed by atoms with Crippen molar-refractivity contribution >= 4 is 40.5 Å². The summed E-state index contributed by atoms with van der Waals surface area (Å²) in [5.74, 6) is -3.78. The Labute approximate surface area is 227 Å². The summed E-state index contributed by atoms with van der Waals surface area (Å²) in [6.07, 6.45) is -2.66. The Morgan fingerprint density at radius 2 is 1.48 bits per heavy atom. The number of hydrogen-bond acceptors (Lipinski definition) is 12. The van der Waals surface area contributed by atoms with Gasteiger partial charge in [-0.25, -0.2) is 14.6 Å². The monoisotopic (exact) mass is 558 g/mol. The second kappa shape index (κ2) is 11.7. The summed E-state index contributed by atoms with van der Waals surface area (Å²) in [6, 6.07) is 0.0477. The number of methoxy groups -OCH3 is 2. The van der Waals surface area contributed by atoms with Crippen LogP contribution in [0.1, 0.15) is 45.7 Å². The molecule has 0 saturated carbocycles. The topological polar surface area (TPSA) is 220 Å². The molecule has 1 aliphatic carbocycles. The van der Waals surface area contributed by atoms with Gasteiger partial charge in [-0.1, -0.05) is 6.07 Å². The van der Waals surface area contributed by atoms with Crippen LogP contribution in [0.5, 0.6) is 0 Å². The number of anilines is 1. The van der Waals surface area contributed by atoms with Crippen molar-refractivity contribution in [2.24, 2.45) is 0 Å². The number of amides is 2. The number of nitrogen functional groups attached to an aromatic ring is 1. The molecule has 1 aliphatic heterocycles. The molecular formula is C26H30N4O10. The lowest BCUT2D eigenvalue weighted by Gasteiger charge is -2.22. The van der Waals surface area contributed by atoms with E-state index in [2.05, 4.69) is 25.1 Å². The van der Waals surface area contributed by atoms with Gasteiger partial charge < -0.3 is 40.5 Å². The maximum Gasteiger partial charge on any atom is 0.331 e. The van der Waals surface area contributed by atoms with Crippen molar-refractivity contribution in [3.8, 4) is 11.5 Å². The number of hydrogen-bond donors (Lipinski definition) is 5. The van der Waals surface area contributed by atoms with Crippen molar-refractivity contribution in [1.29, 1.82) is 0 Å². The minimum Gasteiger partial charge on any atom is -0.467 e. The maximum atomic E-state index is 13.3. The van der Waals surface area contributed by atoms with E-state index in [1.807, 2.05) is 0 Å². The van der Waals surface area contributed by atoms with E-state index >= 15 is 0 Å². The van der Waals surface area contributed by atoms with Crippen molar-refractivity contribution in [2.75, 3.05) is 20.0 Å². The lowest BCUT2D eigenvalue weighted by molar-refractivity contribution is -0.146. The van der Waals surface area contributed by atoms with Crippen LogP contribution in [0.3, 0.4) is 0 Å². The first-order valence-electron chi connectivity index (χ1n) is 12.0. The zero-order valence-corrected chi connectivity index (χ0v) is 22.6. The minimum atomic E-state index is -1.50. The molecule has 3 rings (SSSR count). The molecule has 0 bridgehead atoms. The van der Waals surface area contributed by atoms with Crippen LogP contribution in [0.4, 0.5) is 5.69 Å². The summed E-state index contributed by atoms with van der Waals surface area (Å²) < 4.78 is 15.3. The van der Waals surface area contributed by atoms with Crippen molar-refractivity contribution in [1.82, 2.24) is 15.6 Å². The first kappa shape index (κ1) is 30.0. The van der Waals surface area contributed by atoms with Gasteiger partial charge in [-0.15, -0.1) is 0 Å². The van der Waals surface area contributed by atoms with Crippen LogP contribution in [-0.4, -0.2) is 77.5 Å². The largest absolute Gasteiger partial charge is 0.467 e. The maximum absolute atomic E-state index is 13.3. The van der Waals surface area contributed by atoms with E-state index in [4.69, 9.17) is 10.2 Å². The van der Waals surface area contributed by atoms with Gasteiger partial charge in [-0.3, -0.25) is 14.4 Å². The smallest absolute Gasteiger partial charge is 0.331 e. The van der Waals surface area contributed by atoms with Gasteiger partial charge in [0, 0.05) is 5.56 Å². The Hall–Kier alpha value is -4.56. The number of nitrogens with one attached hydrogen (secondary N) is 2. The van der Waals surface area contributed by atoms with Crippen LogP contribution < -0.4 is 21.8 Å². The predicted octanol–water partition coefficient (Wildman–Crippen LogP) is -0.204. The standard InChI is InChI=1S/C26H30N4O10/c1-9-7-8-13(23(34)29-16(11(3)31)25(36)38-5)18-21(9)40-22-10(2)20(33)15(27)14(19(22)28-18)24(35)30-17(12(4)32)26(37)39-6/h7-8,11-12,16-17,31-32H,27H2,1-6H3,(H,29,34)(H,30,35)/t11-,12-,16+,17-/m1/s1. The van der Waals surface area contributed by atoms with Gasteiger partial charge >= 0.3 is 11.9 Å². The van der Waals surface area contributed by atoms with E-state index in [0.717, 1.165) is 14.2 Å². The molecule has 0 spiro atoms. The van der Waals surface area contributed by atoms with Gasteiger partial charge in [0.1, 0.15) is 11.2 Å². The molecule has 6 N–H and O–H groups in total. The highest BCUT2D eigenvalue weighted by molar-refractivity contribution is 6.09. The van der Waals surface area contributed by atoms with Crippen LogP contribution in [0.2, 0.25) is 0 Å². The number of aliphatic hydroxyl groups excluding tert-OH is 2.